The lowest BCUT2D eigenvalue weighted by atomic mass is 10.8. The average Bonchev–Trinajstić information content (AvgIpc) is 1.69. The van der Waals surface area contributed by atoms with Gasteiger partial charge in [0.15, 0.2) is 0 Å². The molecule has 0 saturated heterocycles. The minimum Gasteiger partial charge on any atom is -0.379 e. The fourth-order valence-electron chi connectivity index (χ4n) is 0.178. The van der Waals surface area contributed by atoms with Crippen molar-refractivity contribution >= 4 is 6.34 Å². The average molecular weight is 97.1 g/mol. The van der Waals surface area contributed by atoms with E-state index in [-0.39, 0.29) is 6.54 Å². The third-order valence-corrected chi connectivity index (χ3v) is 0.382. The summed E-state index contributed by atoms with van der Waals surface area (Å²) < 4.78 is 0. The first-order valence-electron chi connectivity index (χ1n) is 1.94. The molecule has 0 radical (unpaired) electrons. The maximum Gasteiger partial charge on any atom is 0.127 e. The van der Waals surface area contributed by atoms with Crippen LogP contribution in [0.15, 0.2) is 4.99 Å². The highest BCUT2D eigenvalue weighted by atomic mass is 14.9. The number of hydrogen-bond acceptors (Lipinski definition) is 2. The van der Waals surface area contributed by atoms with Gasteiger partial charge < -0.3 is 5.32 Å². The van der Waals surface area contributed by atoms with Crippen molar-refractivity contribution in [3.63, 3.8) is 0 Å². The third-order valence-electron chi connectivity index (χ3n) is 0.382. The highest BCUT2D eigenvalue weighted by molar-refractivity contribution is 5.53. The van der Waals surface area contributed by atoms with E-state index in [9.17, 15) is 0 Å². The van der Waals surface area contributed by atoms with Crippen LogP contribution in [0.1, 0.15) is 0 Å². The number of rotatable bonds is 2. The van der Waals surface area contributed by atoms with E-state index < -0.39 is 0 Å². The Balaban J connectivity index is 2.97. The minimum absolute atomic E-state index is 0.237. The van der Waals surface area contributed by atoms with E-state index in [2.05, 4.69) is 10.3 Å². The SMILES string of the molecule is CN/C=N\CC#N. The van der Waals surface area contributed by atoms with E-state index in [1.165, 1.54) is 6.34 Å². The lowest BCUT2D eigenvalue weighted by Gasteiger charge is -1.78. The zero-order chi connectivity index (χ0) is 5.54. The molecule has 0 aromatic heterocycles. The van der Waals surface area contributed by atoms with Crippen LogP contribution < -0.4 is 5.32 Å². The summed E-state index contributed by atoms with van der Waals surface area (Å²) in [6, 6.07) is 1.86. The Morgan fingerprint density at radius 2 is 2.71 bits per heavy atom. The molecule has 0 aliphatic carbocycles. The van der Waals surface area contributed by atoms with Gasteiger partial charge in [-0.1, -0.05) is 0 Å². The summed E-state index contributed by atoms with van der Waals surface area (Å²) >= 11 is 0. The van der Waals surface area contributed by atoms with Crippen LogP contribution >= 0.6 is 0 Å². The van der Waals surface area contributed by atoms with Crippen LogP contribution in [0.4, 0.5) is 0 Å². The highest BCUT2D eigenvalue weighted by Gasteiger charge is 1.64. The molecule has 1 N–H and O–H groups in total. The number of nitriles is 1. The second-order valence-electron chi connectivity index (χ2n) is 0.917. The smallest absolute Gasteiger partial charge is 0.127 e. The van der Waals surface area contributed by atoms with Crippen molar-refractivity contribution in [1.29, 1.82) is 5.26 Å². The van der Waals surface area contributed by atoms with Crippen LogP contribution in [0.3, 0.4) is 0 Å². The van der Waals surface area contributed by atoms with Gasteiger partial charge >= 0.3 is 0 Å². The van der Waals surface area contributed by atoms with Crippen LogP contribution in [-0.2, 0) is 0 Å². The molecule has 0 rings (SSSR count). The van der Waals surface area contributed by atoms with Gasteiger partial charge in [0.1, 0.15) is 6.54 Å². The quantitative estimate of drug-likeness (QED) is 0.293. The van der Waals surface area contributed by atoms with Gasteiger partial charge in [-0.3, -0.25) is 4.99 Å². The Bertz CT molecular complexity index is 89.6. The predicted molar refractivity (Wildman–Crippen MR) is 28.0 cm³/mol. The largest absolute Gasteiger partial charge is 0.379 e. The Morgan fingerprint density at radius 1 is 2.00 bits per heavy atom. The summed E-state index contributed by atoms with van der Waals surface area (Å²) in [6.45, 7) is 0.237. The topological polar surface area (TPSA) is 48.2 Å². The first-order valence-corrected chi connectivity index (χ1v) is 1.94. The number of aliphatic imine (C=N–C) groups is 1. The molecular weight excluding hydrogens is 90.1 g/mol. The van der Waals surface area contributed by atoms with Crippen LogP contribution in [-0.4, -0.2) is 19.9 Å². The summed E-state index contributed by atoms with van der Waals surface area (Å²) in [6.07, 6.45) is 1.49. The summed E-state index contributed by atoms with van der Waals surface area (Å²) in [5.74, 6) is 0. The molecule has 0 atom stereocenters. The molecule has 3 heteroatoms. The molecule has 3 nitrogen and oxygen atoms in total. The summed E-state index contributed by atoms with van der Waals surface area (Å²) in [4.78, 5) is 3.61. The van der Waals surface area contributed by atoms with Crippen molar-refractivity contribution in [2.75, 3.05) is 13.6 Å². The van der Waals surface area contributed by atoms with Crippen molar-refractivity contribution in [3.8, 4) is 6.07 Å². The summed E-state index contributed by atoms with van der Waals surface area (Å²) in [7, 11) is 1.74. The molecule has 0 bridgehead atoms. The minimum atomic E-state index is 0.237. The lowest BCUT2D eigenvalue weighted by molar-refractivity contribution is 1.16. The summed E-state index contributed by atoms with van der Waals surface area (Å²) in [5, 5.41) is 10.6. The molecule has 7 heavy (non-hydrogen) atoms. The van der Waals surface area contributed by atoms with E-state index in [4.69, 9.17) is 5.26 Å². The molecule has 0 heterocycles. The lowest BCUT2D eigenvalue weighted by Crippen LogP contribution is -2.00. The van der Waals surface area contributed by atoms with Crippen LogP contribution in [0.2, 0.25) is 0 Å². The molecule has 0 aliphatic rings. The Morgan fingerprint density at radius 3 is 3.14 bits per heavy atom. The molecule has 0 spiro atoms. The molecule has 0 aliphatic heterocycles. The molecule has 0 aromatic carbocycles. The van der Waals surface area contributed by atoms with E-state index >= 15 is 0 Å². The van der Waals surface area contributed by atoms with Crippen molar-refractivity contribution in [3.05, 3.63) is 0 Å². The monoisotopic (exact) mass is 97.1 g/mol. The van der Waals surface area contributed by atoms with Gasteiger partial charge in [0.2, 0.25) is 0 Å². The molecule has 0 aromatic rings. The molecule has 0 amide bonds. The van der Waals surface area contributed by atoms with Gasteiger partial charge in [0, 0.05) is 7.05 Å². The molecular formula is C4H7N3. The van der Waals surface area contributed by atoms with Gasteiger partial charge in [-0.25, -0.2) is 0 Å². The molecule has 0 unspecified atom stereocenters. The maximum atomic E-state index is 7.90. The van der Waals surface area contributed by atoms with Crippen LogP contribution in [0, 0.1) is 11.3 Å². The first-order chi connectivity index (χ1) is 3.41. The Kier molecular flexibility index (Phi) is 4.22. The number of hydrogen-bond donors (Lipinski definition) is 1. The number of nitrogens with one attached hydrogen (secondary N) is 1. The zero-order valence-electron chi connectivity index (χ0n) is 4.18. The Hall–Kier alpha value is -1.04. The standard InChI is InChI=1S/C4H7N3/c1-6-4-7-3-2-5/h4H,3H2,1H3,(H,6,7). The fraction of sp³-hybridized carbons (Fsp3) is 0.500. The van der Waals surface area contributed by atoms with Crippen molar-refractivity contribution in [1.82, 2.24) is 5.32 Å². The van der Waals surface area contributed by atoms with E-state index in [1.54, 1.807) is 7.05 Å². The Labute approximate surface area is 42.7 Å². The van der Waals surface area contributed by atoms with Crippen LogP contribution in [0.5, 0.6) is 0 Å². The normalized spacial score (nSPS) is 8.57. The molecule has 0 fully saturated rings. The van der Waals surface area contributed by atoms with Gasteiger partial charge in [0.25, 0.3) is 0 Å². The van der Waals surface area contributed by atoms with E-state index in [1.807, 2.05) is 6.07 Å². The van der Waals surface area contributed by atoms with Gasteiger partial charge in [-0.15, -0.1) is 0 Å². The third kappa shape index (κ3) is 4.96. The molecule has 38 valence electrons. The van der Waals surface area contributed by atoms with Crippen molar-refractivity contribution in [2.45, 2.75) is 0 Å². The summed E-state index contributed by atoms with van der Waals surface area (Å²) in [5.41, 5.74) is 0. The van der Waals surface area contributed by atoms with E-state index in [0.29, 0.717) is 0 Å². The maximum absolute atomic E-state index is 7.90. The van der Waals surface area contributed by atoms with E-state index in [0.717, 1.165) is 0 Å². The second kappa shape index (κ2) is 4.96. The van der Waals surface area contributed by atoms with Crippen molar-refractivity contribution in [2.24, 2.45) is 4.99 Å². The zero-order valence-corrected chi connectivity index (χ0v) is 4.18. The highest BCUT2D eigenvalue weighted by Crippen LogP contribution is 1.56. The van der Waals surface area contributed by atoms with Gasteiger partial charge in [0.05, 0.1) is 12.4 Å². The van der Waals surface area contributed by atoms with Gasteiger partial charge in [-0.05, 0) is 0 Å². The fourth-order valence-corrected chi connectivity index (χ4v) is 0.178. The molecule has 0 saturated carbocycles. The second-order valence-corrected chi connectivity index (χ2v) is 0.917. The first kappa shape index (κ1) is 5.96. The van der Waals surface area contributed by atoms with Crippen molar-refractivity contribution < 1.29 is 0 Å². The van der Waals surface area contributed by atoms with Gasteiger partial charge in [-0.2, -0.15) is 5.26 Å². The predicted octanol–water partition coefficient (Wildman–Crippen LogP) is -0.242. The number of nitrogens with zero attached hydrogens (tertiary/aromatic N) is 2. The van der Waals surface area contributed by atoms with Crippen LogP contribution in [0.25, 0.3) is 0 Å².